The topological polar surface area (TPSA) is 88.8 Å². The molecule has 4 rings (SSSR count). The van der Waals surface area contributed by atoms with Crippen LogP contribution in [-0.4, -0.2) is 23.2 Å². The third-order valence-electron chi connectivity index (χ3n) is 5.03. The van der Waals surface area contributed by atoms with Crippen LogP contribution in [0.25, 0.3) is 22.1 Å². The minimum Gasteiger partial charge on any atom is -0.480 e. The Morgan fingerprint density at radius 3 is 2.39 bits per heavy atom. The van der Waals surface area contributed by atoms with E-state index in [1.165, 1.54) is 12.1 Å². The number of fused-ring (bicyclic) bond motifs is 1. The third-order valence-corrected chi connectivity index (χ3v) is 5.56. The van der Waals surface area contributed by atoms with E-state index in [2.05, 4.69) is 21.2 Å². The molecule has 4 aromatic rings. The van der Waals surface area contributed by atoms with Crippen LogP contribution >= 0.6 is 15.9 Å². The number of aliphatic carboxylic acids is 1. The van der Waals surface area contributed by atoms with Crippen LogP contribution in [0.15, 0.2) is 81.7 Å². The fourth-order valence-corrected chi connectivity index (χ4v) is 3.63. The van der Waals surface area contributed by atoms with Gasteiger partial charge in [0.05, 0.1) is 0 Å². The van der Waals surface area contributed by atoms with E-state index >= 15 is 0 Å². The number of amides is 1. The fraction of sp³-hybridized carbons (Fsp3) is 0.120. The molecule has 168 valence electrons. The van der Waals surface area contributed by atoms with Crippen LogP contribution in [0.3, 0.4) is 0 Å². The highest BCUT2D eigenvalue weighted by atomic mass is 79.9. The second-order valence-electron chi connectivity index (χ2n) is 7.41. The lowest BCUT2D eigenvalue weighted by Crippen LogP contribution is -2.42. The second-order valence-corrected chi connectivity index (χ2v) is 8.33. The predicted molar refractivity (Wildman–Crippen MR) is 124 cm³/mol. The van der Waals surface area contributed by atoms with Crippen molar-refractivity contribution in [2.45, 2.75) is 19.1 Å². The molecule has 1 atom stereocenters. The summed E-state index contributed by atoms with van der Waals surface area (Å²) in [6, 6.07) is 19.5. The number of carbonyl (C=O) groups is 2. The number of hydrogen-bond donors (Lipinski definition) is 2. The number of rotatable bonds is 7. The maximum atomic E-state index is 13.2. The van der Waals surface area contributed by atoms with E-state index in [1.807, 2.05) is 12.1 Å². The first-order valence-corrected chi connectivity index (χ1v) is 10.9. The quantitative estimate of drug-likeness (QED) is 0.321. The van der Waals surface area contributed by atoms with Crippen molar-refractivity contribution in [3.05, 3.63) is 94.4 Å². The van der Waals surface area contributed by atoms with Crippen molar-refractivity contribution < 1.29 is 28.2 Å². The van der Waals surface area contributed by atoms with Crippen molar-refractivity contribution in [2.75, 3.05) is 0 Å². The van der Waals surface area contributed by atoms with E-state index in [-0.39, 0.29) is 18.8 Å². The van der Waals surface area contributed by atoms with Gasteiger partial charge < -0.3 is 19.6 Å². The maximum Gasteiger partial charge on any atom is 0.408 e. The molecule has 8 heteroatoms. The molecule has 3 aromatic carbocycles. The number of carboxylic acids is 1. The molecule has 2 N–H and O–H groups in total. The largest absolute Gasteiger partial charge is 0.480 e. The first-order valence-electron chi connectivity index (χ1n) is 10.1. The summed E-state index contributed by atoms with van der Waals surface area (Å²) in [6.07, 6.45) is -0.735. The zero-order valence-electron chi connectivity index (χ0n) is 17.3. The Morgan fingerprint density at radius 2 is 1.70 bits per heavy atom. The monoisotopic (exact) mass is 511 g/mol. The Kier molecular flexibility index (Phi) is 6.74. The van der Waals surface area contributed by atoms with E-state index in [9.17, 15) is 19.1 Å². The molecule has 6 nitrogen and oxygen atoms in total. The first kappa shape index (κ1) is 22.5. The zero-order chi connectivity index (χ0) is 23.4. The average molecular weight is 512 g/mol. The number of halogens is 2. The van der Waals surface area contributed by atoms with Crippen molar-refractivity contribution in [3.8, 4) is 11.1 Å². The van der Waals surface area contributed by atoms with E-state index < -0.39 is 18.1 Å². The Labute approximate surface area is 197 Å². The molecule has 0 fully saturated rings. The van der Waals surface area contributed by atoms with Crippen LogP contribution in [0, 0.1) is 5.82 Å². The Hall–Kier alpha value is -3.65. The normalized spacial score (nSPS) is 11.8. The molecule has 0 aliphatic heterocycles. The number of benzene rings is 3. The van der Waals surface area contributed by atoms with Crippen LogP contribution in [0.5, 0.6) is 0 Å². The lowest BCUT2D eigenvalue weighted by molar-refractivity contribution is -0.139. The number of hydrogen-bond acceptors (Lipinski definition) is 4. The summed E-state index contributed by atoms with van der Waals surface area (Å²) in [4.78, 5) is 23.7. The summed E-state index contributed by atoms with van der Waals surface area (Å²) in [5.74, 6) is -1.05. The molecule has 0 saturated heterocycles. The molecule has 0 saturated carbocycles. The van der Waals surface area contributed by atoms with Crippen molar-refractivity contribution >= 4 is 39.0 Å². The van der Waals surface area contributed by atoms with Crippen molar-refractivity contribution in [1.82, 2.24) is 5.32 Å². The Balaban J connectivity index is 1.38. The van der Waals surface area contributed by atoms with Gasteiger partial charge in [-0.15, -0.1) is 0 Å². The molecule has 1 aromatic heterocycles. The molecule has 0 spiro atoms. The molecule has 1 amide bonds. The number of furan rings is 1. The third kappa shape index (κ3) is 5.78. The minimum absolute atomic E-state index is 0.120. The summed E-state index contributed by atoms with van der Waals surface area (Å²) in [5, 5.41) is 12.6. The molecular weight excluding hydrogens is 493 g/mol. The lowest BCUT2D eigenvalue weighted by atomic mass is 10.0. The van der Waals surface area contributed by atoms with Gasteiger partial charge in [0, 0.05) is 16.3 Å². The standard InChI is InChI=1S/C25H19BrFNO5/c26-19-6-1-15(2-7-19)11-22(24(29)30)28-25(31)32-14-21-13-18-12-17(5-10-23(18)33-21)16-3-8-20(27)9-4-16/h1-10,12-13,22H,11,14H2,(H,28,31)(H,29,30)/t22-/m1/s1. The van der Waals surface area contributed by atoms with Crippen LogP contribution < -0.4 is 5.32 Å². The van der Waals surface area contributed by atoms with Gasteiger partial charge in [-0.1, -0.05) is 46.3 Å². The second kappa shape index (κ2) is 9.87. The molecule has 33 heavy (non-hydrogen) atoms. The number of alkyl carbamates (subject to hydrolysis) is 1. The summed E-state index contributed by atoms with van der Waals surface area (Å²) < 4.78 is 24.9. The van der Waals surface area contributed by atoms with Gasteiger partial charge in [0.1, 0.15) is 23.2 Å². The highest BCUT2D eigenvalue weighted by Crippen LogP contribution is 2.27. The van der Waals surface area contributed by atoms with Gasteiger partial charge in [-0.25, -0.2) is 14.0 Å². The van der Waals surface area contributed by atoms with E-state index in [0.717, 1.165) is 26.5 Å². The summed E-state index contributed by atoms with van der Waals surface area (Å²) in [7, 11) is 0. The van der Waals surface area contributed by atoms with Gasteiger partial charge in [-0.05, 0) is 59.2 Å². The fourth-order valence-electron chi connectivity index (χ4n) is 3.37. The minimum atomic E-state index is -1.16. The molecule has 1 heterocycles. The maximum absolute atomic E-state index is 13.2. The van der Waals surface area contributed by atoms with Gasteiger partial charge in [-0.2, -0.15) is 0 Å². The summed E-state index contributed by atoms with van der Waals surface area (Å²) in [5.41, 5.74) is 3.13. The first-order chi connectivity index (χ1) is 15.9. The van der Waals surface area contributed by atoms with Crippen LogP contribution in [0.2, 0.25) is 0 Å². The Bertz CT molecular complexity index is 1280. The van der Waals surface area contributed by atoms with Gasteiger partial charge in [0.2, 0.25) is 0 Å². The molecule has 0 unspecified atom stereocenters. The summed E-state index contributed by atoms with van der Waals surface area (Å²) in [6.45, 7) is -0.156. The van der Waals surface area contributed by atoms with Crippen molar-refractivity contribution in [1.29, 1.82) is 0 Å². The molecule has 0 radical (unpaired) electrons. The van der Waals surface area contributed by atoms with Crippen LogP contribution in [0.1, 0.15) is 11.3 Å². The van der Waals surface area contributed by atoms with Crippen LogP contribution in [0.4, 0.5) is 9.18 Å². The van der Waals surface area contributed by atoms with E-state index in [1.54, 1.807) is 48.5 Å². The lowest BCUT2D eigenvalue weighted by Gasteiger charge is -2.14. The number of carbonyl (C=O) groups excluding carboxylic acids is 1. The van der Waals surface area contributed by atoms with E-state index in [0.29, 0.717) is 11.3 Å². The van der Waals surface area contributed by atoms with Gasteiger partial charge in [-0.3, -0.25) is 0 Å². The SMILES string of the molecule is O=C(N[C@H](Cc1ccc(Br)cc1)C(=O)O)OCc1cc2cc(-c3ccc(F)cc3)ccc2o1. The number of ether oxygens (including phenoxy) is 1. The molecule has 0 aliphatic rings. The number of nitrogens with one attached hydrogen (secondary N) is 1. The number of carboxylic acid groups (broad SMARTS) is 1. The summed E-state index contributed by atoms with van der Waals surface area (Å²) >= 11 is 3.33. The van der Waals surface area contributed by atoms with Crippen molar-refractivity contribution in [2.24, 2.45) is 0 Å². The zero-order valence-corrected chi connectivity index (χ0v) is 18.8. The highest BCUT2D eigenvalue weighted by molar-refractivity contribution is 9.10. The van der Waals surface area contributed by atoms with Crippen LogP contribution in [-0.2, 0) is 22.6 Å². The Morgan fingerprint density at radius 1 is 1.00 bits per heavy atom. The predicted octanol–water partition coefficient (Wildman–Crippen LogP) is 5.92. The molecule has 0 bridgehead atoms. The highest BCUT2D eigenvalue weighted by Gasteiger charge is 2.21. The van der Waals surface area contributed by atoms with E-state index in [4.69, 9.17) is 9.15 Å². The smallest absolute Gasteiger partial charge is 0.408 e. The van der Waals surface area contributed by atoms with Gasteiger partial charge >= 0.3 is 12.1 Å². The molecule has 0 aliphatic carbocycles. The van der Waals surface area contributed by atoms with Gasteiger partial charge in [0.25, 0.3) is 0 Å². The van der Waals surface area contributed by atoms with Crippen molar-refractivity contribution in [3.63, 3.8) is 0 Å². The van der Waals surface area contributed by atoms with Gasteiger partial charge in [0.15, 0.2) is 6.61 Å². The average Bonchev–Trinajstić information content (AvgIpc) is 3.21. The molecular formula is C25H19BrFNO5.